The highest BCUT2D eigenvalue weighted by atomic mass is 32.2. The van der Waals surface area contributed by atoms with Crippen LogP contribution in [0, 0.1) is 0 Å². The molecule has 0 saturated carbocycles. The van der Waals surface area contributed by atoms with Gasteiger partial charge in [-0.15, -0.1) is 11.3 Å². The molecule has 2 heterocycles. The molecule has 0 radical (unpaired) electrons. The first-order valence-electron chi connectivity index (χ1n) is 8.26. The van der Waals surface area contributed by atoms with Crippen LogP contribution in [0.25, 0.3) is 10.6 Å². The number of alkyl halides is 3. The number of carbonyl (C=O) groups is 1. The number of hydrogen-bond donors (Lipinski definition) is 0. The Morgan fingerprint density at radius 2 is 1.93 bits per heavy atom. The second-order valence-corrected chi connectivity index (χ2v) is 7.58. The second kappa shape index (κ2) is 9.19. The summed E-state index contributed by atoms with van der Waals surface area (Å²) in [6.07, 6.45) is -4.62. The van der Waals surface area contributed by atoms with E-state index in [2.05, 4.69) is 15.1 Å². The van der Waals surface area contributed by atoms with Crippen molar-refractivity contribution in [3.63, 3.8) is 0 Å². The van der Waals surface area contributed by atoms with Crippen LogP contribution < -0.4 is 0 Å². The molecule has 0 amide bonds. The Morgan fingerprint density at radius 3 is 2.59 bits per heavy atom. The van der Waals surface area contributed by atoms with Crippen LogP contribution in [0.4, 0.5) is 13.2 Å². The number of rotatable bonds is 6. The molecule has 1 aromatic carbocycles. The van der Waals surface area contributed by atoms with E-state index in [0.717, 1.165) is 23.4 Å². The van der Waals surface area contributed by atoms with E-state index in [4.69, 9.17) is 4.84 Å². The molecule has 2 aromatic heterocycles. The monoisotopic (exact) mass is 437 g/mol. The molecule has 3 aromatic rings. The zero-order valence-corrected chi connectivity index (χ0v) is 16.6. The van der Waals surface area contributed by atoms with E-state index in [-0.39, 0.29) is 16.6 Å². The van der Waals surface area contributed by atoms with E-state index in [1.165, 1.54) is 11.3 Å². The summed E-state index contributed by atoms with van der Waals surface area (Å²) >= 11 is 2.02. The van der Waals surface area contributed by atoms with Gasteiger partial charge in [-0.05, 0) is 30.0 Å². The molecule has 0 spiro atoms. The van der Waals surface area contributed by atoms with E-state index in [9.17, 15) is 18.0 Å². The van der Waals surface area contributed by atoms with E-state index in [1.807, 2.05) is 30.3 Å². The van der Waals surface area contributed by atoms with Crippen molar-refractivity contribution in [2.24, 2.45) is 5.16 Å². The van der Waals surface area contributed by atoms with Crippen molar-refractivity contribution in [2.75, 3.05) is 5.75 Å². The van der Waals surface area contributed by atoms with Crippen LogP contribution in [-0.4, -0.2) is 27.4 Å². The first-order valence-corrected chi connectivity index (χ1v) is 10.1. The molecule has 3 rings (SSSR count). The van der Waals surface area contributed by atoms with Crippen molar-refractivity contribution >= 4 is 34.8 Å². The summed E-state index contributed by atoms with van der Waals surface area (Å²) in [5.74, 6) is -1.000. The molecule has 0 atom stereocenters. The quantitative estimate of drug-likeness (QED) is 0.173. The highest BCUT2D eigenvalue weighted by molar-refractivity contribution is 7.99. The molecular weight excluding hydrogens is 423 g/mol. The van der Waals surface area contributed by atoms with Gasteiger partial charge in [0.2, 0.25) is 0 Å². The molecule has 0 bridgehead atoms. The topological polar surface area (TPSA) is 64.4 Å². The number of halogens is 3. The van der Waals surface area contributed by atoms with Crippen molar-refractivity contribution in [3.8, 4) is 10.6 Å². The maximum Gasteiger partial charge on any atom is 0.433 e. The first kappa shape index (κ1) is 21.0. The Labute approximate surface area is 172 Å². The summed E-state index contributed by atoms with van der Waals surface area (Å²) < 4.78 is 39.5. The molecule has 10 heteroatoms. The van der Waals surface area contributed by atoms with Crippen LogP contribution in [-0.2, 0) is 15.8 Å². The highest BCUT2D eigenvalue weighted by Gasteiger charge is 2.34. The number of benzene rings is 1. The summed E-state index contributed by atoms with van der Waals surface area (Å²) in [7, 11) is 0. The van der Waals surface area contributed by atoms with Gasteiger partial charge >= 0.3 is 12.1 Å². The first-order chi connectivity index (χ1) is 13.8. The molecule has 5 nitrogen and oxygen atoms in total. The van der Waals surface area contributed by atoms with Gasteiger partial charge in [0.25, 0.3) is 0 Å². The van der Waals surface area contributed by atoms with Crippen molar-refractivity contribution < 1.29 is 22.8 Å². The number of hydrogen-bond acceptors (Lipinski definition) is 7. The third kappa shape index (κ3) is 5.88. The number of thiophene rings is 1. The zero-order valence-electron chi connectivity index (χ0n) is 15.0. The lowest BCUT2D eigenvalue weighted by Gasteiger charge is -2.09. The van der Waals surface area contributed by atoms with Gasteiger partial charge < -0.3 is 4.84 Å². The van der Waals surface area contributed by atoms with Crippen LogP contribution in [0.2, 0.25) is 0 Å². The molecule has 150 valence electrons. The van der Waals surface area contributed by atoms with Crippen molar-refractivity contribution in [1.29, 1.82) is 0 Å². The SMILES string of the molecule is C/C(=N\OC(=O)CSc1nc(-c2cccs2)cc(C(F)(F)F)n1)c1ccccc1. The Morgan fingerprint density at radius 1 is 1.17 bits per heavy atom. The molecular formula is C19H14F3N3O2S2. The maximum atomic E-state index is 13.2. The average Bonchev–Trinajstić information content (AvgIpc) is 3.25. The van der Waals surface area contributed by atoms with E-state index in [0.29, 0.717) is 10.6 Å². The molecule has 0 fully saturated rings. The fraction of sp³-hybridized carbons (Fsp3) is 0.158. The smallest absolute Gasteiger partial charge is 0.317 e. The van der Waals surface area contributed by atoms with Gasteiger partial charge in [0, 0.05) is 0 Å². The van der Waals surface area contributed by atoms with Crippen molar-refractivity contribution in [1.82, 2.24) is 9.97 Å². The van der Waals surface area contributed by atoms with E-state index < -0.39 is 17.8 Å². The number of carbonyl (C=O) groups excluding carboxylic acids is 1. The molecule has 29 heavy (non-hydrogen) atoms. The van der Waals surface area contributed by atoms with Crippen molar-refractivity contribution in [2.45, 2.75) is 18.3 Å². The molecule has 0 aliphatic carbocycles. The Balaban J connectivity index is 1.69. The van der Waals surface area contributed by atoms with Gasteiger partial charge in [0.05, 0.1) is 16.3 Å². The van der Waals surface area contributed by atoms with Gasteiger partial charge in [-0.1, -0.05) is 53.3 Å². The van der Waals surface area contributed by atoms with Gasteiger partial charge in [-0.3, -0.25) is 0 Å². The minimum atomic E-state index is -4.62. The van der Waals surface area contributed by atoms with Gasteiger partial charge in [0.15, 0.2) is 5.16 Å². The highest BCUT2D eigenvalue weighted by Crippen LogP contribution is 2.33. The minimum Gasteiger partial charge on any atom is -0.317 e. The number of nitrogens with zero attached hydrogens (tertiary/aromatic N) is 3. The number of thioether (sulfide) groups is 1. The normalized spacial score (nSPS) is 12.1. The number of oxime groups is 1. The number of aromatic nitrogens is 2. The zero-order chi connectivity index (χ0) is 20.9. The van der Waals surface area contributed by atoms with E-state index >= 15 is 0 Å². The largest absolute Gasteiger partial charge is 0.433 e. The van der Waals surface area contributed by atoms with Crippen LogP contribution in [0.3, 0.4) is 0 Å². The predicted octanol–water partition coefficient (Wildman–Crippen LogP) is 5.28. The summed E-state index contributed by atoms with van der Waals surface area (Å²) in [5, 5.41) is 5.33. The van der Waals surface area contributed by atoms with Gasteiger partial charge in [-0.2, -0.15) is 13.2 Å². The lowest BCUT2D eigenvalue weighted by molar-refractivity contribution is -0.141. The molecule has 0 unspecified atom stereocenters. The Hall–Kier alpha value is -2.72. The minimum absolute atomic E-state index is 0.149. The predicted molar refractivity (Wildman–Crippen MR) is 106 cm³/mol. The van der Waals surface area contributed by atoms with Gasteiger partial charge in [0.1, 0.15) is 11.4 Å². The molecule has 0 N–H and O–H groups in total. The fourth-order valence-corrected chi connectivity index (χ4v) is 3.50. The average molecular weight is 437 g/mol. The summed E-state index contributed by atoms with van der Waals surface area (Å²) in [5.41, 5.74) is 0.370. The Kier molecular flexibility index (Phi) is 6.65. The molecule has 0 aliphatic heterocycles. The Bertz CT molecular complexity index is 1010. The molecule has 0 aliphatic rings. The van der Waals surface area contributed by atoms with Crippen LogP contribution in [0.5, 0.6) is 0 Å². The van der Waals surface area contributed by atoms with Crippen LogP contribution in [0.1, 0.15) is 18.2 Å². The third-order valence-corrected chi connectivity index (χ3v) is 5.28. The summed E-state index contributed by atoms with van der Waals surface area (Å²) in [6, 6.07) is 13.4. The van der Waals surface area contributed by atoms with Gasteiger partial charge in [-0.25, -0.2) is 14.8 Å². The van der Waals surface area contributed by atoms with Crippen LogP contribution in [0.15, 0.2) is 64.2 Å². The lowest BCUT2D eigenvalue weighted by Crippen LogP contribution is -2.11. The summed E-state index contributed by atoms with van der Waals surface area (Å²) in [4.78, 5) is 25.0. The maximum absolute atomic E-state index is 13.2. The van der Waals surface area contributed by atoms with E-state index in [1.54, 1.807) is 24.4 Å². The van der Waals surface area contributed by atoms with Crippen LogP contribution >= 0.6 is 23.1 Å². The fourth-order valence-electron chi connectivity index (χ4n) is 2.19. The van der Waals surface area contributed by atoms with Crippen molar-refractivity contribution in [3.05, 3.63) is 65.2 Å². The molecule has 0 saturated heterocycles. The summed E-state index contributed by atoms with van der Waals surface area (Å²) in [6.45, 7) is 1.68. The standard InChI is InChI=1S/C19H14F3N3O2S2/c1-12(13-6-3-2-4-7-13)25-27-17(26)11-29-18-23-14(15-8-5-9-28-15)10-16(24-18)19(20,21)22/h2-10H,11H2,1H3/b25-12+. The third-order valence-electron chi connectivity index (χ3n) is 3.56. The second-order valence-electron chi connectivity index (χ2n) is 5.69. The lowest BCUT2D eigenvalue weighted by atomic mass is 10.1.